The summed E-state index contributed by atoms with van der Waals surface area (Å²) in [5.41, 5.74) is 1.06. The monoisotopic (exact) mass is 154 g/mol. The lowest BCUT2D eigenvalue weighted by Gasteiger charge is -1.93. The van der Waals surface area contributed by atoms with Crippen LogP contribution in [-0.4, -0.2) is 15.8 Å². The molecule has 1 aromatic rings. The topological polar surface area (TPSA) is 68.2 Å². The summed E-state index contributed by atoms with van der Waals surface area (Å²) < 4.78 is 1.13. The minimum atomic E-state index is -0.993. The third-order valence-corrected chi connectivity index (χ3v) is 1.53. The molecule has 3 N–H and O–H groups in total. The van der Waals surface area contributed by atoms with Gasteiger partial charge >= 0.3 is 5.97 Å². The van der Waals surface area contributed by atoms with Crippen molar-refractivity contribution in [2.45, 2.75) is 13.3 Å². The molecule has 60 valence electrons. The Hall–Kier alpha value is -1.45. The molecule has 11 heavy (non-hydrogen) atoms. The number of hydrogen-bond acceptors (Lipinski definition) is 2. The minimum absolute atomic E-state index is 0.127. The van der Waals surface area contributed by atoms with E-state index in [1.165, 1.54) is 0 Å². The smallest absolute Gasteiger partial charge is 0.354 e. The van der Waals surface area contributed by atoms with Crippen LogP contribution in [0.2, 0.25) is 0 Å². The van der Waals surface area contributed by atoms with Gasteiger partial charge in [-0.05, 0) is 18.1 Å². The zero-order chi connectivity index (χ0) is 8.43. The number of aromatic carboxylic acids is 1. The lowest BCUT2D eigenvalue weighted by molar-refractivity contribution is 0.0687. The number of rotatable bonds is 2. The number of nitrogens with two attached hydrogens (primary N) is 1. The zero-order valence-corrected chi connectivity index (χ0v) is 6.24. The van der Waals surface area contributed by atoms with E-state index in [0.717, 1.165) is 16.7 Å². The van der Waals surface area contributed by atoms with Gasteiger partial charge in [-0.25, -0.2) is 4.79 Å². The van der Waals surface area contributed by atoms with Crippen LogP contribution >= 0.6 is 0 Å². The molecule has 0 fully saturated rings. The Morgan fingerprint density at radius 3 is 2.73 bits per heavy atom. The normalized spacial score (nSPS) is 9.91. The van der Waals surface area contributed by atoms with Crippen LogP contribution in [0.25, 0.3) is 0 Å². The summed E-state index contributed by atoms with van der Waals surface area (Å²) in [6, 6.07) is 1.57. The first-order valence-corrected chi connectivity index (χ1v) is 3.34. The summed E-state index contributed by atoms with van der Waals surface area (Å²) in [7, 11) is 0. The minimum Gasteiger partial charge on any atom is -0.477 e. The predicted molar refractivity (Wildman–Crippen MR) is 40.9 cm³/mol. The molecule has 1 aromatic heterocycles. The van der Waals surface area contributed by atoms with Gasteiger partial charge in [0.25, 0.3) is 0 Å². The molecule has 0 aromatic carbocycles. The van der Waals surface area contributed by atoms with E-state index in [1.807, 2.05) is 6.92 Å². The SMILES string of the molecule is CCc1cc(C(=O)O)n(N)c1. The highest BCUT2D eigenvalue weighted by atomic mass is 16.4. The molecule has 0 atom stereocenters. The van der Waals surface area contributed by atoms with E-state index in [2.05, 4.69) is 0 Å². The van der Waals surface area contributed by atoms with Gasteiger partial charge in [-0.1, -0.05) is 6.92 Å². The predicted octanol–water partition coefficient (Wildman–Crippen LogP) is 0.462. The van der Waals surface area contributed by atoms with Gasteiger partial charge in [0.05, 0.1) is 0 Å². The second kappa shape index (κ2) is 2.65. The lowest BCUT2D eigenvalue weighted by atomic mass is 10.2. The Labute approximate surface area is 64.2 Å². The number of carboxylic acid groups (broad SMARTS) is 1. The van der Waals surface area contributed by atoms with Crippen LogP contribution in [0.4, 0.5) is 0 Å². The number of aryl methyl sites for hydroxylation is 1. The number of hydrogen-bond donors (Lipinski definition) is 2. The highest BCUT2D eigenvalue weighted by Crippen LogP contribution is 2.05. The van der Waals surface area contributed by atoms with Crippen molar-refractivity contribution in [3.8, 4) is 0 Å². The summed E-state index contributed by atoms with van der Waals surface area (Å²) in [5, 5.41) is 8.57. The molecule has 4 heteroatoms. The van der Waals surface area contributed by atoms with Crippen LogP contribution in [0.1, 0.15) is 23.0 Å². The van der Waals surface area contributed by atoms with Crippen molar-refractivity contribution in [3.05, 3.63) is 23.5 Å². The van der Waals surface area contributed by atoms with Crippen LogP contribution in [0, 0.1) is 0 Å². The van der Waals surface area contributed by atoms with Gasteiger partial charge in [0.1, 0.15) is 5.69 Å². The summed E-state index contributed by atoms with van der Waals surface area (Å²) in [5.74, 6) is 4.36. The molecule has 0 saturated heterocycles. The lowest BCUT2D eigenvalue weighted by Crippen LogP contribution is -2.14. The van der Waals surface area contributed by atoms with Gasteiger partial charge < -0.3 is 10.9 Å². The molecule has 0 aliphatic heterocycles. The van der Waals surface area contributed by atoms with E-state index in [9.17, 15) is 4.79 Å². The molecule has 1 rings (SSSR count). The summed E-state index contributed by atoms with van der Waals surface area (Å²) >= 11 is 0. The van der Waals surface area contributed by atoms with E-state index in [1.54, 1.807) is 12.3 Å². The van der Waals surface area contributed by atoms with E-state index in [0.29, 0.717) is 0 Å². The Bertz CT molecular complexity index is 278. The van der Waals surface area contributed by atoms with Gasteiger partial charge in [-0.2, -0.15) is 0 Å². The molecule has 1 heterocycles. The maximum atomic E-state index is 10.5. The fourth-order valence-corrected chi connectivity index (χ4v) is 0.901. The van der Waals surface area contributed by atoms with Crippen molar-refractivity contribution in [2.75, 3.05) is 5.84 Å². The third-order valence-electron chi connectivity index (χ3n) is 1.53. The molecule has 0 amide bonds. The summed E-state index contributed by atoms with van der Waals surface area (Å²) in [6.45, 7) is 1.95. The van der Waals surface area contributed by atoms with Crippen LogP contribution in [0.15, 0.2) is 12.3 Å². The molecule has 0 saturated carbocycles. The fraction of sp³-hybridized carbons (Fsp3) is 0.286. The van der Waals surface area contributed by atoms with Crippen molar-refractivity contribution in [1.29, 1.82) is 0 Å². The number of nitrogen functional groups attached to an aromatic ring is 1. The van der Waals surface area contributed by atoms with Crippen molar-refractivity contribution in [1.82, 2.24) is 4.68 Å². The molecule has 4 nitrogen and oxygen atoms in total. The number of carboxylic acids is 1. The summed E-state index contributed by atoms with van der Waals surface area (Å²) in [4.78, 5) is 10.5. The van der Waals surface area contributed by atoms with Crippen molar-refractivity contribution in [2.24, 2.45) is 0 Å². The number of aromatic nitrogens is 1. The Balaban J connectivity index is 3.07. The van der Waals surface area contributed by atoms with E-state index in [-0.39, 0.29) is 5.69 Å². The van der Waals surface area contributed by atoms with Gasteiger partial charge in [-0.3, -0.25) is 4.68 Å². The van der Waals surface area contributed by atoms with E-state index < -0.39 is 5.97 Å². The molecular formula is C7H10N2O2. The molecule has 0 radical (unpaired) electrons. The van der Waals surface area contributed by atoms with Crippen LogP contribution in [0.3, 0.4) is 0 Å². The summed E-state index contributed by atoms with van der Waals surface area (Å²) in [6.07, 6.45) is 2.41. The van der Waals surface area contributed by atoms with Crippen molar-refractivity contribution >= 4 is 5.97 Å². The number of carbonyl (C=O) groups is 1. The average Bonchev–Trinajstić information content (AvgIpc) is 2.30. The quantitative estimate of drug-likeness (QED) is 0.608. The molecule has 0 spiro atoms. The second-order valence-corrected chi connectivity index (χ2v) is 2.30. The molecule has 0 aliphatic carbocycles. The second-order valence-electron chi connectivity index (χ2n) is 2.30. The van der Waals surface area contributed by atoms with Crippen LogP contribution in [-0.2, 0) is 6.42 Å². The van der Waals surface area contributed by atoms with Crippen molar-refractivity contribution in [3.63, 3.8) is 0 Å². The maximum absolute atomic E-state index is 10.5. The van der Waals surface area contributed by atoms with Gasteiger partial charge in [0.2, 0.25) is 0 Å². The van der Waals surface area contributed by atoms with Crippen LogP contribution in [0.5, 0.6) is 0 Å². The Morgan fingerprint density at radius 1 is 1.82 bits per heavy atom. The molecular weight excluding hydrogens is 144 g/mol. The Morgan fingerprint density at radius 2 is 2.45 bits per heavy atom. The molecule has 0 bridgehead atoms. The highest BCUT2D eigenvalue weighted by Gasteiger charge is 2.08. The molecule has 0 unspecified atom stereocenters. The van der Waals surface area contributed by atoms with E-state index in [4.69, 9.17) is 10.9 Å². The van der Waals surface area contributed by atoms with E-state index >= 15 is 0 Å². The highest BCUT2D eigenvalue weighted by molar-refractivity contribution is 5.86. The zero-order valence-electron chi connectivity index (χ0n) is 6.24. The first-order chi connectivity index (χ1) is 5.15. The third kappa shape index (κ3) is 1.34. The molecule has 0 aliphatic rings. The van der Waals surface area contributed by atoms with Crippen LogP contribution < -0.4 is 5.84 Å². The fourth-order valence-electron chi connectivity index (χ4n) is 0.901. The van der Waals surface area contributed by atoms with Crippen molar-refractivity contribution < 1.29 is 9.90 Å². The average molecular weight is 154 g/mol. The van der Waals surface area contributed by atoms with Gasteiger partial charge in [0, 0.05) is 6.20 Å². The largest absolute Gasteiger partial charge is 0.477 e. The maximum Gasteiger partial charge on any atom is 0.354 e. The Kier molecular flexibility index (Phi) is 1.85. The number of nitrogens with zero attached hydrogens (tertiary/aromatic N) is 1. The van der Waals surface area contributed by atoms with Gasteiger partial charge in [0.15, 0.2) is 0 Å². The standard InChI is InChI=1S/C7H10N2O2/c1-2-5-3-6(7(10)11)9(8)4-5/h3-4H,2,8H2,1H3,(H,10,11). The first-order valence-electron chi connectivity index (χ1n) is 3.34. The first kappa shape index (κ1) is 7.65. The van der Waals surface area contributed by atoms with Gasteiger partial charge in [-0.15, -0.1) is 0 Å².